The summed E-state index contributed by atoms with van der Waals surface area (Å²) in [5.41, 5.74) is 1.04. The van der Waals surface area contributed by atoms with Gasteiger partial charge in [-0.2, -0.15) is 0 Å². The van der Waals surface area contributed by atoms with Crippen molar-refractivity contribution in [3.05, 3.63) is 47.2 Å². The lowest BCUT2D eigenvalue weighted by atomic mass is 9.86. The van der Waals surface area contributed by atoms with Gasteiger partial charge in [0.25, 0.3) is 0 Å². The molecule has 1 saturated heterocycles. The van der Waals surface area contributed by atoms with Crippen molar-refractivity contribution in [3.8, 4) is 11.5 Å². The Morgan fingerprint density at radius 1 is 1.08 bits per heavy atom. The standard InChI is InChI=1S/C26H32O13/c1-3-14-15(9-20(28)36-11-13-4-5-17-18(8-13)35-7-6-34-17)16(24(32)33-2)12-37-25(14)39-26-23(31)22(30)21(29)19(10-27)38-26/h3-5,8,12,15,19,21-23,25-27,29-31H,6-7,9-11H2,1-2H3/b14-3+/t15-,19+,21+,22-,23+,25-,26-/m0/s1. The van der Waals surface area contributed by atoms with E-state index in [2.05, 4.69) is 0 Å². The number of aliphatic hydroxyl groups excluding tert-OH is 4. The van der Waals surface area contributed by atoms with Crippen molar-refractivity contribution in [1.29, 1.82) is 0 Å². The third-order valence-corrected chi connectivity index (χ3v) is 6.61. The number of aliphatic hydroxyl groups is 4. The van der Waals surface area contributed by atoms with Crippen molar-refractivity contribution >= 4 is 11.9 Å². The molecule has 4 N–H and O–H groups in total. The molecule has 0 saturated carbocycles. The molecule has 3 aliphatic rings. The van der Waals surface area contributed by atoms with Crippen LogP contribution in [0.1, 0.15) is 18.9 Å². The molecule has 0 spiro atoms. The first-order chi connectivity index (χ1) is 18.8. The van der Waals surface area contributed by atoms with Crippen LogP contribution in [-0.2, 0) is 39.9 Å². The predicted molar refractivity (Wildman–Crippen MR) is 129 cm³/mol. The van der Waals surface area contributed by atoms with Gasteiger partial charge in [-0.1, -0.05) is 12.1 Å². The van der Waals surface area contributed by atoms with E-state index in [-0.39, 0.29) is 18.6 Å². The predicted octanol–water partition coefficient (Wildman–Crippen LogP) is -0.317. The second kappa shape index (κ2) is 12.8. The molecule has 0 aromatic heterocycles. The maximum Gasteiger partial charge on any atom is 0.337 e. The van der Waals surface area contributed by atoms with Crippen LogP contribution in [0.25, 0.3) is 0 Å². The number of benzene rings is 1. The summed E-state index contributed by atoms with van der Waals surface area (Å²) in [6.07, 6.45) is -6.47. The van der Waals surface area contributed by atoms with E-state index in [0.29, 0.717) is 35.8 Å². The van der Waals surface area contributed by atoms with Crippen molar-refractivity contribution < 1.29 is 63.2 Å². The van der Waals surface area contributed by atoms with Crippen molar-refractivity contribution in [1.82, 2.24) is 0 Å². The molecule has 0 bridgehead atoms. The highest BCUT2D eigenvalue weighted by Crippen LogP contribution is 2.36. The fourth-order valence-corrected chi connectivity index (χ4v) is 4.49. The highest BCUT2D eigenvalue weighted by atomic mass is 16.8. The number of carbonyl (C=O) groups is 2. The van der Waals surface area contributed by atoms with Crippen molar-refractivity contribution in [2.24, 2.45) is 5.92 Å². The molecule has 13 nitrogen and oxygen atoms in total. The van der Waals surface area contributed by atoms with Crippen LogP contribution in [0, 0.1) is 5.92 Å². The number of hydrogen-bond acceptors (Lipinski definition) is 13. The lowest BCUT2D eigenvalue weighted by molar-refractivity contribution is -0.327. The summed E-state index contributed by atoms with van der Waals surface area (Å²) in [6, 6.07) is 5.20. The topological polar surface area (TPSA) is 180 Å². The number of rotatable bonds is 8. The fraction of sp³-hybridized carbons (Fsp3) is 0.538. The number of allylic oxidation sites excluding steroid dienone is 1. The van der Waals surface area contributed by atoms with Crippen LogP contribution < -0.4 is 9.47 Å². The van der Waals surface area contributed by atoms with Gasteiger partial charge in [0.2, 0.25) is 6.29 Å². The summed E-state index contributed by atoms with van der Waals surface area (Å²) >= 11 is 0. The highest BCUT2D eigenvalue weighted by Gasteiger charge is 2.46. The van der Waals surface area contributed by atoms with Gasteiger partial charge < -0.3 is 53.6 Å². The van der Waals surface area contributed by atoms with Crippen LogP contribution in [0.5, 0.6) is 11.5 Å². The van der Waals surface area contributed by atoms with E-state index in [4.69, 9.17) is 33.2 Å². The third kappa shape index (κ3) is 6.35. The van der Waals surface area contributed by atoms with Gasteiger partial charge >= 0.3 is 11.9 Å². The monoisotopic (exact) mass is 552 g/mol. The molecule has 3 aliphatic heterocycles. The largest absolute Gasteiger partial charge is 0.486 e. The molecule has 39 heavy (non-hydrogen) atoms. The molecular weight excluding hydrogens is 520 g/mol. The molecule has 13 heteroatoms. The van der Waals surface area contributed by atoms with E-state index in [1.54, 1.807) is 31.2 Å². The van der Waals surface area contributed by atoms with Gasteiger partial charge in [-0.25, -0.2) is 4.79 Å². The minimum Gasteiger partial charge on any atom is -0.486 e. The zero-order valence-electron chi connectivity index (χ0n) is 21.4. The van der Waals surface area contributed by atoms with E-state index in [1.165, 1.54) is 7.11 Å². The average molecular weight is 553 g/mol. The molecule has 1 aromatic rings. The van der Waals surface area contributed by atoms with Crippen molar-refractivity contribution in [3.63, 3.8) is 0 Å². The normalized spacial score (nSPS) is 31.2. The van der Waals surface area contributed by atoms with Gasteiger partial charge in [-0.15, -0.1) is 0 Å². The quantitative estimate of drug-likeness (QED) is 0.244. The fourth-order valence-electron chi connectivity index (χ4n) is 4.49. The van der Waals surface area contributed by atoms with E-state index >= 15 is 0 Å². The summed E-state index contributed by atoms with van der Waals surface area (Å²) < 4.78 is 38.0. The minimum atomic E-state index is -1.68. The summed E-state index contributed by atoms with van der Waals surface area (Å²) in [5.74, 6) is -1.07. The Hall–Kier alpha value is -3.20. The number of esters is 2. The highest BCUT2D eigenvalue weighted by molar-refractivity contribution is 5.90. The van der Waals surface area contributed by atoms with Gasteiger partial charge in [-0.05, 0) is 24.6 Å². The van der Waals surface area contributed by atoms with Gasteiger partial charge in [0.05, 0.1) is 32.0 Å². The SMILES string of the molecule is C/C=C1/[C@H](O[C@@H]2O[C@H](CO)[C@@H](O)[C@H](O)[C@H]2O)OC=C(C(=O)OC)[C@H]1CC(=O)OCc1ccc2c(c1)OCCO2. The minimum absolute atomic E-state index is 0.0375. The van der Waals surface area contributed by atoms with Crippen LogP contribution in [0.2, 0.25) is 0 Å². The molecule has 214 valence electrons. The lowest BCUT2D eigenvalue weighted by Crippen LogP contribution is -2.60. The van der Waals surface area contributed by atoms with Crippen LogP contribution in [0.4, 0.5) is 0 Å². The van der Waals surface area contributed by atoms with E-state index in [0.717, 1.165) is 6.26 Å². The molecule has 4 rings (SSSR count). The van der Waals surface area contributed by atoms with Crippen molar-refractivity contribution in [2.45, 2.75) is 56.9 Å². The maximum absolute atomic E-state index is 12.9. The number of ether oxygens (including phenoxy) is 7. The van der Waals surface area contributed by atoms with Crippen molar-refractivity contribution in [2.75, 3.05) is 26.9 Å². The molecule has 1 aromatic carbocycles. The first kappa shape index (κ1) is 28.8. The number of methoxy groups -OCH3 is 1. The Kier molecular flexibility index (Phi) is 9.43. The smallest absolute Gasteiger partial charge is 0.337 e. The summed E-state index contributed by atoms with van der Waals surface area (Å²) in [6.45, 7) is 1.82. The Morgan fingerprint density at radius 3 is 2.51 bits per heavy atom. The molecule has 0 unspecified atom stereocenters. The number of fused-ring (bicyclic) bond motifs is 1. The van der Waals surface area contributed by atoms with Gasteiger partial charge in [0.1, 0.15) is 44.2 Å². The molecule has 0 aliphatic carbocycles. The molecule has 0 amide bonds. The Morgan fingerprint density at radius 2 is 1.82 bits per heavy atom. The van der Waals surface area contributed by atoms with E-state index < -0.39 is 61.5 Å². The lowest BCUT2D eigenvalue weighted by Gasteiger charge is -2.41. The summed E-state index contributed by atoms with van der Waals surface area (Å²) in [4.78, 5) is 25.4. The van der Waals surface area contributed by atoms with Gasteiger partial charge in [-0.3, -0.25) is 4.79 Å². The third-order valence-electron chi connectivity index (χ3n) is 6.61. The molecule has 3 heterocycles. The Labute approximate surface area is 224 Å². The summed E-state index contributed by atoms with van der Waals surface area (Å²) in [5, 5.41) is 39.9. The second-order valence-electron chi connectivity index (χ2n) is 9.05. The Bertz CT molecular complexity index is 1100. The maximum atomic E-state index is 12.9. The average Bonchev–Trinajstić information content (AvgIpc) is 2.96. The molecular formula is C26H32O13. The van der Waals surface area contributed by atoms with Crippen LogP contribution in [0.15, 0.2) is 41.7 Å². The number of hydrogen-bond donors (Lipinski definition) is 4. The van der Waals surface area contributed by atoms with E-state index in [9.17, 15) is 30.0 Å². The molecule has 7 atom stereocenters. The molecule has 0 radical (unpaired) electrons. The zero-order valence-corrected chi connectivity index (χ0v) is 21.4. The number of carbonyl (C=O) groups excluding carboxylic acids is 2. The first-order valence-electron chi connectivity index (χ1n) is 12.4. The van der Waals surface area contributed by atoms with Gasteiger partial charge in [0.15, 0.2) is 17.8 Å². The first-order valence-corrected chi connectivity index (χ1v) is 12.4. The van der Waals surface area contributed by atoms with Gasteiger partial charge in [0, 0.05) is 11.5 Å². The zero-order chi connectivity index (χ0) is 28.1. The molecule has 1 fully saturated rings. The Balaban J connectivity index is 1.46. The summed E-state index contributed by atoms with van der Waals surface area (Å²) in [7, 11) is 1.19. The van der Waals surface area contributed by atoms with Crippen LogP contribution >= 0.6 is 0 Å². The van der Waals surface area contributed by atoms with Crippen LogP contribution in [-0.4, -0.2) is 96.3 Å². The second-order valence-corrected chi connectivity index (χ2v) is 9.05. The van der Waals surface area contributed by atoms with E-state index in [1.807, 2.05) is 0 Å². The van der Waals surface area contributed by atoms with Crippen LogP contribution in [0.3, 0.4) is 0 Å².